The van der Waals surface area contributed by atoms with Gasteiger partial charge in [0.05, 0.1) is 12.6 Å². The number of pyridine rings is 1. The van der Waals surface area contributed by atoms with E-state index >= 15 is 8.78 Å². The molecule has 1 saturated heterocycles. The van der Waals surface area contributed by atoms with Crippen LogP contribution in [-0.4, -0.2) is 42.0 Å². The summed E-state index contributed by atoms with van der Waals surface area (Å²) >= 11 is 0. The third kappa shape index (κ3) is 7.67. The maximum absolute atomic E-state index is 15.5. The summed E-state index contributed by atoms with van der Waals surface area (Å²) in [7, 11) is 1.79. The highest BCUT2D eigenvalue weighted by atomic mass is 19.3. The maximum atomic E-state index is 15.5. The monoisotopic (exact) mass is 605 g/mol. The van der Waals surface area contributed by atoms with Crippen LogP contribution in [0, 0.1) is 0 Å². The fourth-order valence-electron chi connectivity index (χ4n) is 5.82. The van der Waals surface area contributed by atoms with Crippen molar-refractivity contribution in [3.8, 4) is 22.9 Å². The highest BCUT2D eigenvalue weighted by Gasteiger charge is 2.46. The lowest BCUT2D eigenvalue weighted by atomic mass is 9.97. The zero-order valence-corrected chi connectivity index (χ0v) is 25.4. The quantitative estimate of drug-likeness (QED) is 0.152. The van der Waals surface area contributed by atoms with Gasteiger partial charge in [0, 0.05) is 30.4 Å². The van der Waals surface area contributed by atoms with E-state index in [2.05, 4.69) is 0 Å². The minimum absolute atomic E-state index is 0.323. The SMILES string of the molecule is CN(Cc1ccccc1)C1CCN(c2ccc(-c3ccc(OCc4ccccc4)nc3OCc3ccccc3)cc2)CC1(F)F. The largest absolute Gasteiger partial charge is 0.473 e. The normalized spacial score (nSPS) is 16.0. The molecule has 0 N–H and O–H groups in total. The summed E-state index contributed by atoms with van der Waals surface area (Å²) in [6.45, 7) is 1.47. The third-order valence-corrected chi connectivity index (χ3v) is 8.19. The molecule has 0 saturated carbocycles. The number of hydrogen-bond donors (Lipinski definition) is 0. The van der Waals surface area contributed by atoms with Gasteiger partial charge in [-0.15, -0.1) is 0 Å². The number of aromatic nitrogens is 1. The standard InChI is InChI=1S/C38H37F2N3O2/c1-42(25-29-11-5-2-6-12-29)35-23-24-43(28-38(35,39)40)33-19-17-32(18-20-33)34-21-22-36(44-26-30-13-7-3-8-14-30)41-37(34)45-27-31-15-9-4-10-16-31/h2-22,35H,23-28H2,1H3. The number of hydrogen-bond acceptors (Lipinski definition) is 5. The van der Waals surface area contributed by atoms with Gasteiger partial charge >= 0.3 is 0 Å². The Bertz CT molecular complexity index is 1650. The van der Waals surface area contributed by atoms with Gasteiger partial charge in [-0.3, -0.25) is 4.90 Å². The van der Waals surface area contributed by atoms with E-state index in [0.717, 1.165) is 33.5 Å². The minimum Gasteiger partial charge on any atom is -0.473 e. The molecule has 230 valence electrons. The van der Waals surface area contributed by atoms with E-state index in [-0.39, 0.29) is 6.54 Å². The summed E-state index contributed by atoms with van der Waals surface area (Å²) in [5, 5.41) is 0. The van der Waals surface area contributed by atoms with Gasteiger partial charge in [0.15, 0.2) is 0 Å². The fraction of sp³-hybridized carbons (Fsp3) is 0.237. The zero-order chi connectivity index (χ0) is 31.1. The van der Waals surface area contributed by atoms with Gasteiger partial charge in [0.1, 0.15) is 13.2 Å². The molecule has 0 radical (unpaired) electrons. The third-order valence-electron chi connectivity index (χ3n) is 8.19. The van der Waals surface area contributed by atoms with E-state index in [1.807, 2.05) is 127 Å². The molecule has 1 fully saturated rings. The molecule has 6 rings (SSSR count). The average molecular weight is 606 g/mol. The van der Waals surface area contributed by atoms with Crippen molar-refractivity contribution in [3.63, 3.8) is 0 Å². The Labute approximate surface area is 263 Å². The maximum Gasteiger partial charge on any atom is 0.280 e. The van der Waals surface area contributed by atoms with Gasteiger partial charge in [0.25, 0.3) is 5.92 Å². The summed E-state index contributed by atoms with van der Waals surface area (Å²) in [5.41, 5.74) is 5.55. The predicted molar refractivity (Wildman–Crippen MR) is 175 cm³/mol. The van der Waals surface area contributed by atoms with Crippen molar-refractivity contribution in [1.29, 1.82) is 0 Å². The Morgan fingerprint density at radius 1 is 0.733 bits per heavy atom. The second-order valence-electron chi connectivity index (χ2n) is 11.5. The molecule has 0 spiro atoms. The van der Waals surface area contributed by atoms with E-state index in [1.54, 1.807) is 16.8 Å². The molecule has 0 aliphatic carbocycles. The van der Waals surface area contributed by atoms with Crippen molar-refractivity contribution in [1.82, 2.24) is 9.88 Å². The van der Waals surface area contributed by atoms with Gasteiger partial charge in [-0.25, -0.2) is 8.78 Å². The minimum atomic E-state index is -2.85. The van der Waals surface area contributed by atoms with Crippen molar-refractivity contribution in [2.24, 2.45) is 0 Å². The van der Waals surface area contributed by atoms with E-state index < -0.39 is 12.0 Å². The number of piperidine rings is 1. The zero-order valence-electron chi connectivity index (χ0n) is 25.4. The number of halogens is 2. The van der Waals surface area contributed by atoms with Crippen LogP contribution in [0.2, 0.25) is 0 Å². The van der Waals surface area contributed by atoms with Crippen LogP contribution >= 0.6 is 0 Å². The molecular weight excluding hydrogens is 568 g/mol. The van der Waals surface area contributed by atoms with Crippen LogP contribution in [0.25, 0.3) is 11.1 Å². The molecule has 5 nitrogen and oxygen atoms in total. The number of rotatable bonds is 11. The Morgan fingerprint density at radius 3 is 1.91 bits per heavy atom. The first kappa shape index (κ1) is 30.3. The molecule has 1 unspecified atom stereocenters. The van der Waals surface area contributed by atoms with Crippen molar-refractivity contribution in [3.05, 3.63) is 144 Å². The Kier molecular flexibility index (Phi) is 9.36. The Balaban J connectivity index is 1.16. The summed E-state index contributed by atoms with van der Waals surface area (Å²) in [5.74, 6) is -1.94. The molecule has 5 aromatic rings. The van der Waals surface area contributed by atoms with Gasteiger partial charge in [-0.2, -0.15) is 4.98 Å². The highest BCUT2D eigenvalue weighted by molar-refractivity contribution is 5.71. The fourth-order valence-corrected chi connectivity index (χ4v) is 5.82. The van der Waals surface area contributed by atoms with Crippen LogP contribution < -0.4 is 14.4 Å². The van der Waals surface area contributed by atoms with Gasteiger partial charge < -0.3 is 14.4 Å². The van der Waals surface area contributed by atoms with Gasteiger partial charge in [0.2, 0.25) is 11.8 Å². The molecule has 1 aliphatic heterocycles. The van der Waals surface area contributed by atoms with Gasteiger partial charge in [-0.1, -0.05) is 103 Å². The molecule has 0 bridgehead atoms. The highest BCUT2D eigenvalue weighted by Crippen LogP contribution is 2.36. The van der Waals surface area contributed by atoms with Crippen LogP contribution in [0.3, 0.4) is 0 Å². The van der Waals surface area contributed by atoms with E-state index in [9.17, 15) is 0 Å². The van der Waals surface area contributed by atoms with Gasteiger partial charge in [-0.05, 0) is 53.9 Å². The van der Waals surface area contributed by atoms with Crippen molar-refractivity contribution in [2.45, 2.75) is 38.1 Å². The number of alkyl halides is 2. The molecule has 45 heavy (non-hydrogen) atoms. The van der Waals surface area contributed by atoms with Crippen LogP contribution in [0.15, 0.2) is 127 Å². The lowest BCUT2D eigenvalue weighted by molar-refractivity contribution is -0.0835. The molecule has 7 heteroatoms. The van der Waals surface area contributed by atoms with Crippen LogP contribution in [0.5, 0.6) is 11.8 Å². The van der Waals surface area contributed by atoms with Crippen molar-refractivity contribution >= 4 is 5.69 Å². The van der Waals surface area contributed by atoms with Crippen molar-refractivity contribution in [2.75, 3.05) is 25.0 Å². The van der Waals surface area contributed by atoms with E-state index in [0.29, 0.717) is 44.5 Å². The predicted octanol–water partition coefficient (Wildman–Crippen LogP) is 8.25. The average Bonchev–Trinajstić information content (AvgIpc) is 3.07. The lowest BCUT2D eigenvalue weighted by Crippen LogP contribution is -2.57. The second-order valence-corrected chi connectivity index (χ2v) is 11.5. The summed E-state index contributed by atoms with van der Waals surface area (Å²) in [6.07, 6.45) is 0.379. The van der Waals surface area contributed by atoms with Crippen LogP contribution in [-0.2, 0) is 19.8 Å². The van der Waals surface area contributed by atoms with E-state index in [1.165, 1.54) is 0 Å². The Morgan fingerprint density at radius 2 is 1.31 bits per heavy atom. The number of ether oxygens (including phenoxy) is 2. The molecule has 1 atom stereocenters. The lowest BCUT2D eigenvalue weighted by Gasteiger charge is -2.43. The summed E-state index contributed by atoms with van der Waals surface area (Å²) in [6, 6.07) is 40.3. The van der Waals surface area contributed by atoms with Crippen LogP contribution in [0.1, 0.15) is 23.1 Å². The molecule has 2 heterocycles. The number of benzene rings is 4. The first-order valence-electron chi connectivity index (χ1n) is 15.3. The molecule has 1 aliphatic rings. The topological polar surface area (TPSA) is 37.8 Å². The molecular formula is C38H37F2N3O2. The molecule has 1 aromatic heterocycles. The number of nitrogens with zero attached hydrogens (tertiary/aromatic N) is 3. The Hall–Kier alpha value is -4.75. The second kappa shape index (κ2) is 13.9. The van der Waals surface area contributed by atoms with Crippen LogP contribution in [0.4, 0.5) is 14.5 Å². The summed E-state index contributed by atoms with van der Waals surface area (Å²) < 4.78 is 43.1. The first-order chi connectivity index (χ1) is 21.9. The first-order valence-corrected chi connectivity index (χ1v) is 15.3. The van der Waals surface area contributed by atoms with E-state index in [4.69, 9.17) is 14.5 Å². The molecule has 4 aromatic carbocycles. The van der Waals surface area contributed by atoms with Crippen molar-refractivity contribution < 1.29 is 18.3 Å². The smallest absolute Gasteiger partial charge is 0.280 e. The summed E-state index contributed by atoms with van der Waals surface area (Å²) in [4.78, 5) is 8.27. The molecule has 0 amide bonds. The number of anilines is 1.